The molecule has 1 N–H and O–H groups in total. The number of nitrogens with one attached hydrogen (secondary N) is 1. The lowest BCUT2D eigenvalue weighted by atomic mass is 10.2. The Hall–Kier alpha value is -2.17. The van der Waals surface area contributed by atoms with Gasteiger partial charge in [0.05, 0.1) is 5.69 Å². The van der Waals surface area contributed by atoms with Gasteiger partial charge < -0.3 is 10.2 Å². The molecule has 0 atom stereocenters. The summed E-state index contributed by atoms with van der Waals surface area (Å²) in [4.78, 5) is 10.3. The minimum atomic E-state index is -0.257. The molecule has 5 heteroatoms. The van der Waals surface area contributed by atoms with Crippen LogP contribution in [0, 0.1) is 5.82 Å². The quantitative estimate of drug-likeness (QED) is 0.896. The average Bonchev–Trinajstić information content (AvgIpc) is 2.43. The van der Waals surface area contributed by atoms with Crippen LogP contribution in [0.3, 0.4) is 0 Å². The van der Waals surface area contributed by atoms with Crippen molar-refractivity contribution in [1.29, 1.82) is 0 Å². The summed E-state index contributed by atoms with van der Waals surface area (Å²) in [7, 11) is 0. The minimum absolute atomic E-state index is 0.257. The highest BCUT2D eigenvalue weighted by Gasteiger charge is 2.13. The van der Waals surface area contributed by atoms with E-state index < -0.39 is 0 Å². The van der Waals surface area contributed by atoms with Crippen LogP contribution in [-0.2, 0) is 0 Å². The van der Waals surface area contributed by atoms with E-state index in [1.807, 2.05) is 24.8 Å². The van der Waals surface area contributed by atoms with Crippen LogP contribution >= 0.6 is 0 Å². The number of nitrogens with zero attached hydrogens (tertiary/aromatic N) is 3. The Labute approximate surface area is 112 Å². The molecule has 0 radical (unpaired) electrons. The maximum Gasteiger partial charge on any atom is 0.224 e. The Morgan fingerprint density at radius 3 is 2.68 bits per heavy atom. The highest BCUT2D eigenvalue weighted by Crippen LogP contribution is 2.26. The van der Waals surface area contributed by atoms with Gasteiger partial charge in [0.25, 0.3) is 0 Å². The molecule has 2 rings (SSSR count). The first-order chi connectivity index (χ1) is 9.26. The van der Waals surface area contributed by atoms with Gasteiger partial charge in [-0.2, -0.15) is 4.98 Å². The number of hydrogen-bond acceptors (Lipinski definition) is 4. The Morgan fingerprint density at radius 2 is 2.00 bits per heavy atom. The fourth-order valence-corrected chi connectivity index (χ4v) is 1.87. The summed E-state index contributed by atoms with van der Waals surface area (Å²) in [6, 6.07) is 8.46. The average molecular weight is 260 g/mol. The molecule has 0 amide bonds. The lowest BCUT2D eigenvalue weighted by Gasteiger charge is -2.22. The Kier molecular flexibility index (Phi) is 4.28. The molecular weight excluding hydrogens is 243 g/mol. The fourth-order valence-electron chi connectivity index (χ4n) is 1.87. The lowest BCUT2D eigenvalue weighted by molar-refractivity contribution is 0.625. The van der Waals surface area contributed by atoms with Crippen molar-refractivity contribution in [3.63, 3.8) is 0 Å². The topological polar surface area (TPSA) is 41.1 Å². The standard InChI is InChI=1S/C14H17FN4/c1-3-16-14-17-10-9-13(18-14)19(4-2)12-8-6-5-7-11(12)15/h5-10H,3-4H2,1-2H3,(H,16,17,18). The summed E-state index contributed by atoms with van der Waals surface area (Å²) < 4.78 is 13.9. The smallest absolute Gasteiger partial charge is 0.224 e. The Bertz CT molecular complexity index is 544. The third kappa shape index (κ3) is 2.99. The molecular formula is C14H17FN4. The van der Waals surface area contributed by atoms with Crippen LogP contribution in [0.5, 0.6) is 0 Å². The number of aromatic nitrogens is 2. The molecule has 1 aromatic carbocycles. The van der Waals surface area contributed by atoms with Gasteiger partial charge in [0.15, 0.2) is 0 Å². The zero-order valence-corrected chi connectivity index (χ0v) is 11.1. The SMILES string of the molecule is CCNc1nccc(N(CC)c2ccccc2F)n1. The van der Waals surface area contributed by atoms with Gasteiger partial charge in [0, 0.05) is 19.3 Å². The van der Waals surface area contributed by atoms with Crippen LogP contribution in [-0.4, -0.2) is 23.1 Å². The monoisotopic (exact) mass is 260 g/mol. The molecule has 0 saturated heterocycles. The Morgan fingerprint density at radius 1 is 1.21 bits per heavy atom. The van der Waals surface area contributed by atoms with Crippen molar-refractivity contribution in [1.82, 2.24) is 9.97 Å². The third-order valence-electron chi connectivity index (χ3n) is 2.71. The molecule has 0 fully saturated rings. The van der Waals surface area contributed by atoms with E-state index in [1.165, 1.54) is 6.07 Å². The normalized spacial score (nSPS) is 10.3. The number of benzene rings is 1. The Balaban J connectivity index is 2.37. The number of halogens is 1. The van der Waals surface area contributed by atoms with Gasteiger partial charge in [-0.3, -0.25) is 0 Å². The van der Waals surface area contributed by atoms with Crippen molar-refractivity contribution >= 4 is 17.5 Å². The molecule has 0 spiro atoms. The van der Waals surface area contributed by atoms with Gasteiger partial charge in [-0.15, -0.1) is 0 Å². The van der Waals surface area contributed by atoms with Crippen molar-refractivity contribution in [2.45, 2.75) is 13.8 Å². The highest BCUT2D eigenvalue weighted by molar-refractivity contribution is 5.61. The largest absolute Gasteiger partial charge is 0.354 e. The van der Waals surface area contributed by atoms with E-state index >= 15 is 0 Å². The molecule has 1 heterocycles. The van der Waals surface area contributed by atoms with Crippen molar-refractivity contribution < 1.29 is 4.39 Å². The maximum atomic E-state index is 13.9. The van der Waals surface area contributed by atoms with Gasteiger partial charge in [-0.05, 0) is 32.0 Å². The number of para-hydroxylation sites is 1. The summed E-state index contributed by atoms with van der Waals surface area (Å²) in [5, 5.41) is 3.05. The van der Waals surface area contributed by atoms with Crippen molar-refractivity contribution in [2.75, 3.05) is 23.3 Å². The molecule has 100 valence electrons. The van der Waals surface area contributed by atoms with Crippen molar-refractivity contribution in [3.05, 3.63) is 42.3 Å². The van der Waals surface area contributed by atoms with Crippen LogP contribution in [0.25, 0.3) is 0 Å². The van der Waals surface area contributed by atoms with Crippen molar-refractivity contribution in [2.24, 2.45) is 0 Å². The number of hydrogen-bond donors (Lipinski definition) is 1. The predicted molar refractivity (Wildman–Crippen MR) is 75.3 cm³/mol. The van der Waals surface area contributed by atoms with E-state index in [1.54, 1.807) is 24.4 Å². The molecule has 0 unspecified atom stereocenters. The van der Waals surface area contributed by atoms with Gasteiger partial charge >= 0.3 is 0 Å². The summed E-state index contributed by atoms with van der Waals surface area (Å²) in [6.45, 7) is 5.31. The van der Waals surface area contributed by atoms with E-state index in [0.29, 0.717) is 24.0 Å². The van der Waals surface area contributed by atoms with Crippen LogP contribution in [0.4, 0.5) is 21.8 Å². The van der Waals surface area contributed by atoms with E-state index in [-0.39, 0.29) is 5.82 Å². The molecule has 0 aliphatic carbocycles. The molecule has 19 heavy (non-hydrogen) atoms. The molecule has 4 nitrogen and oxygen atoms in total. The molecule has 0 saturated carbocycles. The van der Waals surface area contributed by atoms with Gasteiger partial charge in [-0.1, -0.05) is 12.1 Å². The molecule has 1 aromatic heterocycles. The summed E-state index contributed by atoms with van der Waals surface area (Å²) in [6.07, 6.45) is 1.67. The van der Waals surface area contributed by atoms with E-state index in [4.69, 9.17) is 0 Å². The molecule has 0 aliphatic heterocycles. The van der Waals surface area contributed by atoms with Gasteiger partial charge in [0.1, 0.15) is 11.6 Å². The fraction of sp³-hybridized carbons (Fsp3) is 0.286. The molecule has 0 bridgehead atoms. The van der Waals surface area contributed by atoms with Crippen LogP contribution in [0.2, 0.25) is 0 Å². The second-order valence-corrected chi connectivity index (χ2v) is 3.96. The first-order valence-electron chi connectivity index (χ1n) is 6.35. The highest BCUT2D eigenvalue weighted by atomic mass is 19.1. The summed E-state index contributed by atoms with van der Waals surface area (Å²) >= 11 is 0. The predicted octanol–water partition coefficient (Wildman–Crippen LogP) is 3.21. The van der Waals surface area contributed by atoms with Gasteiger partial charge in [0.2, 0.25) is 5.95 Å². The first kappa shape index (κ1) is 13.3. The van der Waals surface area contributed by atoms with Crippen LogP contribution < -0.4 is 10.2 Å². The maximum absolute atomic E-state index is 13.9. The summed E-state index contributed by atoms with van der Waals surface area (Å²) in [5.41, 5.74) is 0.520. The second kappa shape index (κ2) is 6.13. The van der Waals surface area contributed by atoms with Crippen LogP contribution in [0.15, 0.2) is 36.5 Å². The van der Waals surface area contributed by atoms with E-state index in [2.05, 4.69) is 15.3 Å². The van der Waals surface area contributed by atoms with Crippen molar-refractivity contribution in [3.8, 4) is 0 Å². The van der Waals surface area contributed by atoms with E-state index in [0.717, 1.165) is 6.54 Å². The number of anilines is 3. The third-order valence-corrected chi connectivity index (χ3v) is 2.71. The summed E-state index contributed by atoms with van der Waals surface area (Å²) in [5.74, 6) is 0.973. The first-order valence-corrected chi connectivity index (χ1v) is 6.35. The van der Waals surface area contributed by atoms with E-state index in [9.17, 15) is 4.39 Å². The molecule has 0 aliphatic rings. The minimum Gasteiger partial charge on any atom is -0.354 e. The van der Waals surface area contributed by atoms with Crippen LogP contribution in [0.1, 0.15) is 13.8 Å². The molecule has 2 aromatic rings. The number of rotatable bonds is 5. The zero-order chi connectivity index (χ0) is 13.7. The van der Waals surface area contributed by atoms with Gasteiger partial charge in [-0.25, -0.2) is 9.37 Å². The lowest BCUT2D eigenvalue weighted by Crippen LogP contribution is -2.19. The zero-order valence-electron chi connectivity index (χ0n) is 11.1. The second-order valence-electron chi connectivity index (χ2n) is 3.96.